The first kappa shape index (κ1) is 18.1. The third-order valence-corrected chi connectivity index (χ3v) is 4.53. The second kappa shape index (κ2) is 8.06. The lowest BCUT2D eigenvalue weighted by Gasteiger charge is -2.30. The Morgan fingerprint density at radius 2 is 1.79 bits per heavy atom. The second-order valence-electron chi connectivity index (χ2n) is 5.72. The van der Waals surface area contributed by atoms with Crippen LogP contribution in [0.5, 0.6) is 0 Å². The number of halogens is 1. The molecule has 2 aromatic carbocycles. The molecule has 2 rings (SSSR count). The molecule has 24 heavy (non-hydrogen) atoms. The molecular formula is C18H20FNO3S. The van der Waals surface area contributed by atoms with Gasteiger partial charge in [-0.1, -0.05) is 48.5 Å². The Balaban J connectivity index is 2.12. The number of carbonyl (C=O) groups is 1. The van der Waals surface area contributed by atoms with Crippen LogP contribution in [0.4, 0.5) is 9.18 Å². The van der Waals surface area contributed by atoms with Crippen molar-refractivity contribution in [3.63, 3.8) is 0 Å². The van der Waals surface area contributed by atoms with Gasteiger partial charge in [0.05, 0.1) is 11.3 Å². The van der Waals surface area contributed by atoms with Gasteiger partial charge in [-0.05, 0) is 18.6 Å². The van der Waals surface area contributed by atoms with Crippen LogP contribution in [0.15, 0.2) is 54.6 Å². The monoisotopic (exact) mass is 349 g/mol. The average Bonchev–Trinajstić information content (AvgIpc) is 2.53. The largest absolute Gasteiger partial charge is 0.445 e. The molecule has 0 aliphatic heterocycles. The first-order valence-corrected chi connectivity index (χ1v) is 9.17. The van der Waals surface area contributed by atoms with Crippen LogP contribution in [0.3, 0.4) is 0 Å². The second-order valence-corrected chi connectivity index (χ2v) is 7.15. The summed E-state index contributed by atoms with van der Waals surface area (Å²) in [7, 11) is -1.24. The molecule has 0 saturated heterocycles. The fourth-order valence-corrected chi connectivity index (χ4v) is 3.52. The van der Waals surface area contributed by atoms with Crippen LogP contribution in [0.2, 0.25) is 0 Å². The molecule has 0 fully saturated rings. The maximum absolute atomic E-state index is 14.1. The summed E-state index contributed by atoms with van der Waals surface area (Å²) in [6, 6.07) is 15.4. The summed E-state index contributed by atoms with van der Waals surface area (Å²) >= 11 is 0. The summed E-state index contributed by atoms with van der Waals surface area (Å²) < 4.78 is 31.0. The van der Waals surface area contributed by atoms with E-state index in [-0.39, 0.29) is 17.9 Å². The van der Waals surface area contributed by atoms with Crippen LogP contribution in [-0.2, 0) is 27.7 Å². The molecule has 0 bridgehead atoms. The highest BCUT2D eigenvalue weighted by atomic mass is 32.2. The summed E-state index contributed by atoms with van der Waals surface area (Å²) in [6.07, 6.45) is 0.825. The highest BCUT2D eigenvalue weighted by Crippen LogP contribution is 2.25. The Morgan fingerprint density at radius 3 is 2.42 bits per heavy atom. The topological polar surface area (TPSA) is 55.4 Å². The lowest BCUT2D eigenvalue weighted by atomic mass is 9.94. The van der Waals surface area contributed by atoms with E-state index in [0.717, 1.165) is 5.56 Å². The van der Waals surface area contributed by atoms with Crippen molar-refractivity contribution in [1.29, 1.82) is 0 Å². The van der Waals surface area contributed by atoms with Crippen molar-refractivity contribution in [2.24, 2.45) is 0 Å². The summed E-state index contributed by atoms with van der Waals surface area (Å²) in [5, 5.41) is 2.66. The van der Waals surface area contributed by atoms with Crippen molar-refractivity contribution < 1.29 is 18.1 Å². The minimum atomic E-state index is -1.24. The van der Waals surface area contributed by atoms with Crippen LogP contribution in [0, 0.1) is 5.82 Å². The molecule has 6 heteroatoms. The highest BCUT2D eigenvalue weighted by Gasteiger charge is 2.33. The minimum Gasteiger partial charge on any atom is -0.445 e. The summed E-state index contributed by atoms with van der Waals surface area (Å²) in [5.74, 6) is -0.386. The molecule has 0 heterocycles. The molecular weight excluding hydrogens is 329 g/mol. The molecule has 2 aromatic rings. The van der Waals surface area contributed by atoms with E-state index in [2.05, 4.69) is 5.32 Å². The third-order valence-electron chi connectivity index (χ3n) is 3.55. The van der Waals surface area contributed by atoms with E-state index in [1.54, 1.807) is 25.1 Å². The molecule has 128 valence electrons. The zero-order valence-electron chi connectivity index (χ0n) is 13.6. The van der Waals surface area contributed by atoms with Crippen molar-refractivity contribution >= 4 is 16.9 Å². The molecule has 0 aliphatic rings. The zero-order valence-corrected chi connectivity index (χ0v) is 14.4. The van der Waals surface area contributed by atoms with Crippen molar-refractivity contribution in [2.75, 3.05) is 12.0 Å². The number of benzene rings is 2. The molecule has 0 aromatic heterocycles. The molecule has 4 nitrogen and oxygen atoms in total. The predicted molar refractivity (Wildman–Crippen MR) is 92.4 cm³/mol. The normalized spacial score (nSPS) is 14.5. The molecule has 2 atom stereocenters. The molecule has 0 spiro atoms. The maximum atomic E-state index is 14.1. The van der Waals surface area contributed by atoms with Gasteiger partial charge in [-0.2, -0.15) is 0 Å². The Hall–Kier alpha value is -2.21. The Bertz CT molecular complexity index is 723. The van der Waals surface area contributed by atoms with Crippen molar-refractivity contribution in [2.45, 2.75) is 19.1 Å². The van der Waals surface area contributed by atoms with Crippen LogP contribution in [0.25, 0.3) is 0 Å². The van der Waals surface area contributed by atoms with Gasteiger partial charge < -0.3 is 10.1 Å². The van der Waals surface area contributed by atoms with Gasteiger partial charge in [0.2, 0.25) is 0 Å². The molecule has 2 unspecified atom stereocenters. The van der Waals surface area contributed by atoms with Gasteiger partial charge in [0.1, 0.15) is 12.4 Å². The number of amides is 1. The molecule has 0 radical (unpaired) electrons. The lowest BCUT2D eigenvalue weighted by Crippen LogP contribution is -2.48. The third kappa shape index (κ3) is 4.89. The average molecular weight is 349 g/mol. The smallest absolute Gasteiger partial charge is 0.408 e. The Labute approximate surface area is 143 Å². The summed E-state index contributed by atoms with van der Waals surface area (Å²) in [6.45, 7) is 1.74. The van der Waals surface area contributed by atoms with Gasteiger partial charge in [-0.15, -0.1) is 0 Å². The molecule has 1 N–H and O–H groups in total. The van der Waals surface area contributed by atoms with Crippen molar-refractivity contribution in [1.82, 2.24) is 5.32 Å². The highest BCUT2D eigenvalue weighted by molar-refractivity contribution is 7.84. The standard InChI is InChI=1S/C18H20FNO3S/c1-18(13-24(2)22,15-10-6-7-11-16(15)19)20-17(21)23-12-14-8-4-3-5-9-14/h3-11H,12-13H2,1-2H3,(H,20,21). The number of alkyl carbamates (subject to hydrolysis) is 1. The number of hydrogen-bond acceptors (Lipinski definition) is 3. The van der Waals surface area contributed by atoms with Crippen molar-refractivity contribution in [3.8, 4) is 0 Å². The van der Waals surface area contributed by atoms with Gasteiger partial charge in [0.15, 0.2) is 0 Å². The van der Waals surface area contributed by atoms with E-state index < -0.39 is 28.2 Å². The summed E-state index contributed by atoms with van der Waals surface area (Å²) in [5.41, 5.74) is -0.00481. The van der Waals surface area contributed by atoms with Crippen LogP contribution in [-0.4, -0.2) is 22.3 Å². The first-order valence-electron chi connectivity index (χ1n) is 7.44. The van der Waals surface area contributed by atoms with Gasteiger partial charge in [0, 0.05) is 22.6 Å². The SMILES string of the molecule is CS(=O)CC(C)(NC(=O)OCc1ccccc1)c1ccccc1F. The predicted octanol–water partition coefficient (Wildman–Crippen LogP) is 3.35. The van der Waals surface area contributed by atoms with Gasteiger partial charge in [-0.3, -0.25) is 4.21 Å². The van der Waals surface area contributed by atoms with E-state index in [1.807, 2.05) is 30.3 Å². The minimum absolute atomic E-state index is 0.0777. The van der Waals surface area contributed by atoms with E-state index >= 15 is 0 Å². The Kier molecular flexibility index (Phi) is 6.09. The molecule has 0 saturated carbocycles. The van der Waals surface area contributed by atoms with Gasteiger partial charge >= 0.3 is 6.09 Å². The van der Waals surface area contributed by atoms with Gasteiger partial charge in [-0.25, -0.2) is 9.18 Å². The van der Waals surface area contributed by atoms with E-state index in [9.17, 15) is 13.4 Å². The van der Waals surface area contributed by atoms with E-state index in [1.165, 1.54) is 12.3 Å². The fourth-order valence-electron chi connectivity index (χ4n) is 2.48. The first-order chi connectivity index (χ1) is 11.4. The number of rotatable bonds is 6. The number of hydrogen-bond donors (Lipinski definition) is 1. The fraction of sp³-hybridized carbons (Fsp3) is 0.278. The lowest BCUT2D eigenvalue weighted by molar-refractivity contribution is 0.129. The van der Waals surface area contributed by atoms with E-state index in [0.29, 0.717) is 0 Å². The zero-order chi connectivity index (χ0) is 17.6. The summed E-state index contributed by atoms with van der Waals surface area (Å²) in [4.78, 5) is 12.1. The van der Waals surface area contributed by atoms with E-state index in [4.69, 9.17) is 4.74 Å². The molecule has 1 amide bonds. The van der Waals surface area contributed by atoms with Crippen LogP contribution < -0.4 is 5.32 Å². The maximum Gasteiger partial charge on any atom is 0.408 e. The molecule has 0 aliphatic carbocycles. The number of carbonyl (C=O) groups excluding carboxylic acids is 1. The van der Waals surface area contributed by atoms with Gasteiger partial charge in [0.25, 0.3) is 0 Å². The Morgan fingerprint density at radius 1 is 1.17 bits per heavy atom. The quantitative estimate of drug-likeness (QED) is 0.870. The number of nitrogens with one attached hydrogen (secondary N) is 1. The van der Waals surface area contributed by atoms with Crippen molar-refractivity contribution in [3.05, 3.63) is 71.5 Å². The number of ether oxygens (including phenoxy) is 1. The van der Waals surface area contributed by atoms with Crippen LogP contribution in [0.1, 0.15) is 18.1 Å². The van der Waals surface area contributed by atoms with Crippen LogP contribution >= 0.6 is 0 Å².